The number of hydrogen-bond acceptors (Lipinski definition) is 5. The van der Waals surface area contributed by atoms with Crippen LogP contribution in [0.2, 0.25) is 0 Å². The Hall–Kier alpha value is -1.18. The fourth-order valence-corrected chi connectivity index (χ4v) is 3.16. The lowest BCUT2D eigenvalue weighted by molar-refractivity contribution is -0.129. The molecule has 24 heavy (non-hydrogen) atoms. The van der Waals surface area contributed by atoms with Gasteiger partial charge in [-0.05, 0) is 12.8 Å². The van der Waals surface area contributed by atoms with Gasteiger partial charge in [0.2, 0.25) is 11.8 Å². The minimum Gasteiger partial charge on any atom is -0.379 e. The van der Waals surface area contributed by atoms with E-state index in [9.17, 15) is 9.59 Å². The van der Waals surface area contributed by atoms with Crippen molar-refractivity contribution in [3.8, 4) is 0 Å². The zero-order valence-corrected chi connectivity index (χ0v) is 15.1. The van der Waals surface area contributed by atoms with E-state index in [0.717, 1.165) is 45.7 Å². The lowest BCUT2D eigenvalue weighted by atomic mass is 9.94. The quantitative estimate of drug-likeness (QED) is 0.639. The Morgan fingerprint density at radius 1 is 1.29 bits per heavy atom. The van der Waals surface area contributed by atoms with E-state index in [2.05, 4.69) is 10.2 Å². The van der Waals surface area contributed by atoms with Gasteiger partial charge in [0.1, 0.15) is 0 Å². The summed E-state index contributed by atoms with van der Waals surface area (Å²) in [5.41, 5.74) is 5.87. The maximum Gasteiger partial charge on any atom is 0.225 e. The molecule has 0 aromatic carbocycles. The molecule has 7 nitrogen and oxygen atoms in total. The lowest BCUT2D eigenvalue weighted by Crippen LogP contribution is -2.50. The summed E-state index contributed by atoms with van der Waals surface area (Å²) in [7, 11) is 0. The molecule has 138 valence electrons. The second-order valence-corrected chi connectivity index (χ2v) is 6.98. The standard InChI is InChI=1S/C17H32N4O3/c1-3-17(18,4-2)13-19-16(23)14-11-15(22)21(12-14)6-5-20-7-9-24-10-8-20/h14H,3-13,18H2,1-2H3,(H,19,23). The molecule has 1 unspecified atom stereocenters. The van der Waals surface area contributed by atoms with Gasteiger partial charge in [0.05, 0.1) is 19.1 Å². The molecule has 0 spiro atoms. The maximum absolute atomic E-state index is 12.3. The van der Waals surface area contributed by atoms with E-state index in [0.29, 0.717) is 26.1 Å². The third-order valence-electron chi connectivity index (χ3n) is 5.40. The van der Waals surface area contributed by atoms with Gasteiger partial charge in [-0.1, -0.05) is 13.8 Å². The van der Waals surface area contributed by atoms with Crippen molar-refractivity contribution >= 4 is 11.8 Å². The van der Waals surface area contributed by atoms with Crippen LogP contribution in [0.15, 0.2) is 0 Å². The second kappa shape index (κ2) is 8.78. The first-order valence-corrected chi connectivity index (χ1v) is 9.12. The van der Waals surface area contributed by atoms with Crippen LogP contribution >= 0.6 is 0 Å². The molecule has 2 amide bonds. The first-order chi connectivity index (χ1) is 11.5. The summed E-state index contributed by atoms with van der Waals surface area (Å²) in [6.45, 7) is 9.93. The molecule has 0 aliphatic carbocycles. The Labute approximate surface area is 144 Å². The number of amides is 2. The Morgan fingerprint density at radius 3 is 2.58 bits per heavy atom. The van der Waals surface area contributed by atoms with Crippen LogP contribution in [0.25, 0.3) is 0 Å². The van der Waals surface area contributed by atoms with Crippen molar-refractivity contribution in [2.24, 2.45) is 11.7 Å². The summed E-state index contributed by atoms with van der Waals surface area (Å²) < 4.78 is 5.33. The molecular formula is C17H32N4O3. The minimum absolute atomic E-state index is 0.0473. The molecule has 7 heteroatoms. The van der Waals surface area contributed by atoms with Crippen molar-refractivity contribution in [1.29, 1.82) is 0 Å². The molecule has 0 aromatic heterocycles. The predicted octanol–water partition coefficient (Wildman–Crippen LogP) is -0.199. The van der Waals surface area contributed by atoms with Crippen molar-refractivity contribution in [2.75, 3.05) is 52.5 Å². The van der Waals surface area contributed by atoms with Crippen LogP contribution in [0, 0.1) is 5.92 Å². The monoisotopic (exact) mass is 340 g/mol. The van der Waals surface area contributed by atoms with Crippen molar-refractivity contribution in [3.63, 3.8) is 0 Å². The molecule has 0 radical (unpaired) electrons. The number of rotatable bonds is 8. The molecule has 3 N–H and O–H groups in total. The van der Waals surface area contributed by atoms with Crippen molar-refractivity contribution in [3.05, 3.63) is 0 Å². The minimum atomic E-state index is -0.353. The number of hydrogen-bond donors (Lipinski definition) is 2. The summed E-state index contributed by atoms with van der Waals surface area (Å²) >= 11 is 0. The van der Waals surface area contributed by atoms with E-state index < -0.39 is 0 Å². The van der Waals surface area contributed by atoms with Crippen molar-refractivity contribution in [2.45, 2.75) is 38.6 Å². The molecule has 0 bridgehead atoms. The smallest absolute Gasteiger partial charge is 0.225 e. The number of carbonyl (C=O) groups excluding carboxylic acids is 2. The first-order valence-electron chi connectivity index (χ1n) is 9.12. The molecule has 2 fully saturated rings. The van der Waals surface area contributed by atoms with E-state index in [4.69, 9.17) is 10.5 Å². The molecule has 2 saturated heterocycles. The average molecular weight is 340 g/mol. The Bertz CT molecular complexity index is 434. The van der Waals surface area contributed by atoms with E-state index in [1.807, 2.05) is 18.7 Å². The van der Waals surface area contributed by atoms with Gasteiger partial charge in [0, 0.05) is 51.2 Å². The molecule has 0 aromatic rings. The summed E-state index contributed by atoms with van der Waals surface area (Å²) in [5.74, 6) is -0.220. The fraction of sp³-hybridized carbons (Fsp3) is 0.882. The SMILES string of the molecule is CCC(N)(CC)CNC(=O)C1CC(=O)N(CCN2CCOCC2)C1. The summed E-state index contributed by atoms with van der Waals surface area (Å²) in [5, 5.41) is 2.94. The molecule has 1 atom stereocenters. The van der Waals surface area contributed by atoms with Gasteiger partial charge in [0.25, 0.3) is 0 Å². The molecular weight excluding hydrogens is 308 g/mol. The van der Waals surface area contributed by atoms with Crippen LogP contribution in [0.4, 0.5) is 0 Å². The highest BCUT2D eigenvalue weighted by Gasteiger charge is 2.35. The lowest BCUT2D eigenvalue weighted by Gasteiger charge is -2.29. The number of carbonyl (C=O) groups is 2. The van der Waals surface area contributed by atoms with E-state index >= 15 is 0 Å². The first kappa shape index (κ1) is 19.1. The zero-order valence-electron chi connectivity index (χ0n) is 15.1. The van der Waals surface area contributed by atoms with Crippen LogP contribution in [0.1, 0.15) is 33.1 Å². The third kappa shape index (κ3) is 5.16. The van der Waals surface area contributed by atoms with Gasteiger partial charge in [-0.3, -0.25) is 14.5 Å². The summed E-state index contributed by atoms with van der Waals surface area (Å²) in [6, 6.07) is 0. The Balaban J connectivity index is 1.75. The van der Waals surface area contributed by atoms with E-state index in [1.54, 1.807) is 0 Å². The average Bonchev–Trinajstić information content (AvgIpc) is 2.99. The molecule has 0 saturated carbocycles. The van der Waals surface area contributed by atoms with Crippen LogP contribution in [0.5, 0.6) is 0 Å². The number of morpholine rings is 1. The number of nitrogens with two attached hydrogens (primary N) is 1. The number of nitrogens with zero attached hydrogens (tertiary/aromatic N) is 2. The highest BCUT2D eigenvalue weighted by molar-refractivity contribution is 5.89. The zero-order chi connectivity index (χ0) is 17.6. The molecule has 2 aliphatic rings. The highest BCUT2D eigenvalue weighted by atomic mass is 16.5. The molecule has 2 rings (SSSR count). The number of nitrogens with one attached hydrogen (secondary N) is 1. The van der Waals surface area contributed by atoms with Crippen LogP contribution in [0.3, 0.4) is 0 Å². The predicted molar refractivity (Wildman–Crippen MR) is 92.5 cm³/mol. The van der Waals surface area contributed by atoms with Gasteiger partial charge >= 0.3 is 0 Å². The largest absolute Gasteiger partial charge is 0.379 e. The Kier molecular flexibility index (Phi) is 7.01. The molecule has 2 heterocycles. The second-order valence-electron chi connectivity index (χ2n) is 6.98. The topological polar surface area (TPSA) is 87.9 Å². The van der Waals surface area contributed by atoms with Crippen LogP contribution in [-0.4, -0.2) is 79.6 Å². The number of ether oxygens (including phenoxy) is 1. The van der Waals surface area contributed by atoms with Crippen molar-refractivity contribution < 1.29 is 14.3 Å². The fourth-order valence-electron chi connectivity index (χ4n) is 3.16. The van der Waals surface area contributed by atoms with Gasteiger partial charge in [-0.25, -0.2) is 0 Å². The van der Waals surface area contributed by atoms with Crippen LogP contribution in [-0.2, 0) is 14.3 Å². The Morgan fingerprint density at radius 2 is 1.96 bits per heavy atom. The van der Waals surface area contributed by atoms with Gasteiger partial charge in [-0.2, -0.15) is 0 Å². The third-order valence-corrected chi connectivity index (χ3v) is 5.40. The van der Waals surface area contributed by atoms with E-state index in [-0.39, 0.29) is 23.3 Å². The van der Waals surface area contributed by atoms with Gasteiger partial charge in [0.15, 0.2) is 0 Å². The van der Waals surface area contributed by atoms with E-state index in [1.165, 1.54) is 0 Å². The van der Waals surface area contributed by atoms with Crippen molar-refractivity contribution in [1.82, 2.24) is 15.1 Å². The summed E-state index contributed by atoms with van der Waals surface area (Å²) in [6.07, 6.45) is 1.95. The van der Waals surface area contributed by atoms with Gasteiger partial charge < -0.3 is 20.7 Å². The van der Waals surface area contributed by atoms with Crippen LogP contribution < -0.4 is 11.1 Å². The summed E-state index contributed by atoms with van der Waals surface area (Å²) in [4.78, 5) is 28.6. The number of likely N-dealkylation sites (tertiary alicyclic amines) is 1. The normalized spacial score (nSPS) is 22.9. The maximum atomic E-state index is 12.3. The van der Waals surface area contributed by atoms with Gasteiger partial charge in [-0.15, -0.1) is 0 Å². The molecule has 2 aliphatic heterocycles. The highest BCUT2D eigenvalue weighted by Crippen LogP contribution is 2.18.